The molecule has 1 aromatic heterocycles. The Kier molecular flexibility index (Phi) is 3.90. The maximum Gasteiger partial charge on any atom is 0.323 e. The van der Waals surface area contributed by atoms with Gasteiger partial charge in [-0.2, -0.15) is 4.37 Å². The fourth-order valence-electron chi connectivity index (χ4n) is 1.47. The van der Waals surface area contributed by atoms with E-state index in [1.54, 1.807) is 12.0 Å². The highest BCUT2D eigenvalue weighted by Crippen LogP contribution is 2.39. The van der Waals surface area contributed by atoms with E-state index in [4.69, 9.17) is 9.84 Å². The number of carbonyl (C=O) groups is 1. The van der Waals surface area contributed by atoms with Crippen molar-refractivity contribution >= 4 is 22.6 Å². The van der Waals surface area contributed by atoms with Crippen LogP contribution in [0.4, 0.5) is 5.13 Å². The number of aliphatic carboxylic acids is 1. The van der Waals surface area contributed by atoms with Gasteiger partial charge in [0, 0.05) is 31.1 Å². The number of ether oxygens (including phenoxy) is 1. The Morgan fingerprint density at radius 3 is 3.00 bits per heavy atom. The summed E-state index contributed by atoms with van der Waals surface area (Å²) in [5.74, 6) is 0.483. The van der Waals surface area contributed by atoms with E-state index in [0.29, 0.717) is 24.2 Å². The van der Waals surface area contributed by atoms with Crippen molar-refractivity contribution in [1.82, 2.24) is 9.36 Å². The summed E-state index contributed by atoms with van der Waals surface area (Å²) in [5, 5.41) is 9.52. The fourth-order valence-corrected chi connectivity index (χ4v) is 2.24. The molecule has 0 amide bonds. The summed E-state index contributed by atoms with van der Waals surface area (Å²) < 4.78 is 9.23. The normalized spacial score (nSPS) is 14.9. The molecule has 1 saturated carbocycles. The van der Waals surface area contributed by atoms with Crippen LogP contribution in [0, 0.1) is 0 Å². The quantitative estimate of drug-likeness (QED) is 0.784. The molecule has 1 fully saturated rings. The maximum absolute atomic E-state index is 10.8. The molecule has 0 aromatic carbocycles. The molecule has 1 N–H and O–H groups in total. The molecule has 1 aromatic rings. The minimum absolute atomic E-state index is 0.0668. The van der Waals surface area contributed by atoms with Gasteiger partial charge in [0.15, 0.2) is 0 Å². The van der Waals surface area contributed by atoms with E-state index in [1.165, 1.54) is 11.5 Å². The predicted octanol–water partition coefficient (Wildman–Crippen LogP) is 0.953. The Morgan fingerprint density at radius 2 is 2.41 bits per heavy atom. The molecule has 0 aliphatic heterocycles. The van der Waals surface area contributed by atoms with E-state index in [1.807, 2.05) is 0 Å². The maximum atomic E-state index is 10.8. The summed E-state index contributed by atoms with van der Waals surface area (Å²) in [5.41, 5.74) is 0. The molecule has 94 valence electrons. The number of carboxylic acids is 1. The first-order valence-electron chi connectivity index (χ1n) is 5.50. The summed E-state index contributed by atoms with van der Waals surface area (Å²) in [4.78, 5) is 16.9. The molecule has 1 aliphatic carbocycles. The Bertz CT molecular complexity index is 392. The minimum atomic E-state index is -0.871. The van der Waals surface area contributed by atoms with E-state index < -0.39 is 5.97 Å². The molecular formula is C10H15N3O3S. The van der Waals surface area contributed by atoms with Crippen LogP contribution < -0.4 is 4.90 Å². The van der Waals surface area contributed by atoms with E-state index in [9.17, 15) is 4.79 Å². The van der Waals surface area contributed by atoms with E-state index >= 15 is 0 Å². The Balaban J connectivity index is 2.03. The number of nitrogens with zero attached hydrogens (tertiary/aromatic N) is 3. The van der Waals surface area contributed by atoms with Gasteiger partial charge in [-0.15, -0.1) is 0 Å². The first kappa shape index (κ1) is 12.3. The van der Waals surface area contributed by atoms with Crippen LogP contribution in [0.25, 0.3) is 0 Å². The number of rotatable bonds is 7. The predicted molar refractivity (Wildman–Crippen MR) is 63.6 cm³/mol. The molecule has 0 unspecified atom stereocenters. The third-order valence-corrected chi connectivity index (χ3v) is 3.33. The second-order valence-electron chi connectivity index (χ2n) is 4.02. The number of hydrogen-bond acceptors (Lipinski definition) is 6. The molecule has 7 heteroatoms. The van der Waals surface area contributed by atoms with Crippen molar-refractivity contribution in [3.05, 3.63) is 5.82 Å². The molecule has 1 heterocycles. The lowest BCUT2D eigenvalue weighted by Gasteiger charge is -2.18. The third-order valence-electron chi connectivity index (χ3n) is 2.54. The molecular weight excluding hydrogens is 242 g/mol. The number of carboxylic acid groups (broad SMARTS) is 1. The third kappa shape index (κ3) is 3.37. The zero-order valence-electron chi connectivity index (χ0n) is 9.63. The molecule has 0 saturated heterocycles. The van der Waals surface area contributed by atoms with Crippen molar-refractivity contribution in [3.63, 3.8) is 0 Å². The second kappa shape index (κ2) is 5.42. The van der Waals surface area contributed by atoms with Crippen molar-refractivity contribution in [2.45, 2.75) is 18.8 Å². The van der Waals surface area contributed by atoms with Gasteiger partial charge >= 0.3 is 5.97 Å². The molecule has 17 heavy (non-hydrogen) atoms. The summed E-state index contributed by atoms with van der Waals surface area (Å²) in [7, 11) is 1.59. The highest BCUT2D eigenvalue weighted by atomic mass is 32.1. The van der Waals surface area contributed by atoms with Crippen molar-refractivity contribution < 1.29 is 14.6 Å². The van der Waals surface area contributed by atoms with Gasteiger partial charge in [0.1, 0.15) is 12.4 Å². The summed E-state index contributed by atoms with van der Waals surface area (Å²) >= 11 is 1.26. The van der Waals surface area contributed by atoms with Crippen molar-refractivity contribution in [2.24, 2.45) is 0 Å². The summed E-state index contributed by atoms with van der Waals surface area (Å²) in [6.07, 6.45) is 2.29. The van der Waals surface area contributed by atoms with Crippen LogP contribution in [0.15, 0.2) is 0 Å². The van der Waals surface area contributed by atoms with Crippen LogP contribution in [-0.2, 0) is 9.53 Å². The highest BCUT2D eigenvalue weighted by Gasteiger charge is 2.28. The number of hydrogen-bond donors (Lipinski definition) is 1. The standard InChI is InChI=1S/C10H15N3O3S/c1-16-5-4-13(6-8(14)15)10-11-9(12-17-10)7-2-3-7/h7H,2-6H2,1H3,(H,14,15). The molecule has 6 nitrogen and oxygen atoms in total. The van der Waals surface area contributed by atoms with Gasteiger partial charge in [-0.25, -0.2) is 4.98 Å². The van der Waals surface area contributed by atoms with E-state index in [0.717, 1.165) is 18.7 Å². The summed E-state index contributed by atoms with van der Waals surface area (Å²) in [6.45, 7) is 0.927. The zero-order chi connectivity index (χ0) is 12.3. The van der Waals surface area contributed by atoms with Gasteiger partial charge < -0.3 is 14.7 Å². The average Bonchev–Trinajstić information content (AvgIpc) is 3.02. The molecule has 2 rings (SSSR count). The second-order valence-corrected chi connectivity index (χ2v) is 4.75. The minimum Gasteiger partial charge on any atom is -0.480 e. The van der Waals surface area contributed by atoms with Gasteiger partial charge in [0.05, 0.1) is 6.61 Å². The van der Waals surface area contributed by atoms with Crippen molar-refractivity contribution in [3.8, 4) is 0 Å². The summed E-state index contributed by atoms with van der Waals surface area (Å²) in [6, 6.07) is 0. The van der Waals surface area contributed by atoms with Crippen LogP contribution >= 0.6 is 11.5 Å². The molecule has 0 bridgehead atoms. The first-order valence-corrected chi connectivity index (χ1v) is 6.27. The van der Waals surface area contributed by atoms with Gasteiger partial charge in [0.25, 0.3) is 0 Å². The van der Waals surface area contributed by atoms with E-state index in [2.05, 4.69) is 9.36 Å². The van der Waals surface area contributed by atoms with Crippen molar-refractivity contribution in [2.75, 3.05) is 31.7 Å². The van der Waals surface area contributed by atoms with Crippen LogP contribution in [0.2, 0.25) is 0 Å². The smallest absolute Gasteiger partial charge is 0.323 e. The van der Waals surface area contributed by atoms with Crippen LogP contribution in [0.3, 0.4) is 0 Å². The highest BCUT2D eigenvalue weighted by molar-refractivity contribution is 7.09. The molecule has 1 aliphatic rings. The Hall–Kier alpha value is -1.21. The lowest BCUT2D eigenvalue weighted by Crippen LogP contribution is -2.32. The van der Waals surface area contributed by atoms with Crippen molar-refractivity contribution in [1.29, 1.82) is 0 Å². The topological polar surface area (TPSA) is 75.5 Å². The zero-order valence-corrected chi connectivity index (χ0v) is 10.4. The van der Waals surface area contributed by atoms with Crippen LogP contribution in [0.5, 0.6) is 0 Å². The largest absolute Gasteiger partial charge is 0.480 e. The monoisotopic (exact) mass is 257 g/mol. The Labute approximate surface area is 103 Å². The number of aromatic nitrogens is 2. The van der Waals surface area contributed by atoms with Crippen LogP contribution in [-0.4, -0.2) is 47.2 Å². The van der Waals surface area contributed by atoms with Gasteiger partial charge in [0.2, 0.25) is 5.13 Å². The molecule has 0 spiro atoms. The fraction of sp³-hybridized carbons (Fsp3) is 0.700. The van der Waals surface area contributed by atoms with Gasteiger partial charge in [-0.1, -0.05) is 0 Å². The van der Waals surface area contributed by atoms with Gasteiger partial charge in [-0.05, 0) is 12.8 Å². The SMILES string of the molecule is COCCN(CC(=O)O)c1nc(C2CC2)ns1. The van der Waals surface area contributed by atoms with Gasteiger partial charge in [-0.3, -0.25) is 4.79 Å². The first-order chi connectivity index (χ1) is 8.20. The number of anilines is 1. The molecule has 0 atom stereocenters. The Morgan fingerprint density at radius 1 is 1.65 bits per heavy atom. The lowest BCUT2D eigenvalue weighted by molar-refractivity contribution is -0.135. The van der Waals surface area contributed by atoms with Crippen LogP contribution in [0.1, 0.15) is 24.6 Å². The van der Waals surface area contributed by atoms with E-state index in [-0.39, 0.29) is 6.54 Å². The number of methoxy groups -OCH3 is 1. The average molecular weight is 257 g/mol. The lowest BCUT2D eigenvalue weighted by atomic mass is 10.4. The molecule has 0 radical (unpaired) electrons.